The van der Waals surface area contributed by atoms with Crippen LogP contribution in [0.5, 0.6) is 0 Å². The van der Waals surface area contributed by atoms with Crippen molar-refractivity contribution < 1.29 is 8.42 Å². The molecule has 1 aromatic heterocycles. The summed E-state index contributed by atoms with van der Waals surface area (Å²) in [4.78, 5) is 2.98. The zero-order valence-corrected chi connectivity index (χ0v) is 10.4. The summed E-state index contributed by atoms with van der Waals surface area (Å²) in [6.07, 6.45) is 2.80. The summed E-state index contributed by atoms with van der Waals surface area (Å²) in [5, 5.41) is 1.23. The van der Waals surface area contributed by atoms with Crippen molar-refractivity contribution in [1.82, 2.24) is 4.98 Å². The number of sulfonamides is 1. The van der Waals surface area contributed by atoms with Crippen molar-refractivity contribution in [2.24, 2.45) is 0 Å². The molecule has 0 fully saturated rings. The molecule has 0 aliphatic carbocycles. The van der Waals surface area contributed by atoms with Crippen LogP contribution in [-0.2, 0) is 10.0 Å². The number of hydrogen-bond donors (Lipinski definition) is 1. The van der Waals surface area contributed by atoms with E-state index in [4.69, 9.17) is 11.6 Å². The van der Waals surface area contributed by atoms with Gasteiger partial charge in [0.05, 0.1) is 17.0 Å². The third kappa shape index (κ3) is 1.76. The molecule has 0 aliphatic rings. The molecule has 0 spiro atoms. The van der Waals surface area contributed by atoms with Gasteiger partial charge in [-0.05, 0) is 12.1 Å². The topological polar surface area (TPSA) is 53.2 Å². The number of fused-ring (bicyclic) bond motifs is 1. The molecule has 0 bridgehead atoms. The first-order valence-electron chi connectivity index (χ1n) is 4.61. The quantitative estimate of drug-likeness (QED) is 0.898. The van der Waals surface area contributed by atoms with Gasteiger partial charge in [-0.3, -0.25) is 4.31 Å². The Morgan fingerprint density at radius 3 is 2.69 bits per heavy atom. The van der Waals surface area contributed by atoms with Crippen molar-refractivity contribution in [2.75, 3.05) is 17.6 Å². The lowest BCUT2D eigenvalue weighted by molar-refractivity contribution is 0.600. The number of nitrogens with one attached hydrogen (secondary N) is 1. The lowest BCUT2D eigenvalue weighted by Gasteiger charge is -2.17. The number of rotatable bonds is 2. The molecule has 0 saturated carbocycles. The molecule has 2 aromatic rings. The van der Waals surface area contributed by atoms with Gasteiger partial charge in [0.1, 0.15) is 0 Å². The van der Waals surface area contributed by atoms with Crippen LogP contribution in [0, 0.1) is 0 Å². The smallest absolute Gasteiger partial charge is 0.232 e. The number of anilines is 1. The molecular formula is C10H11ClN2O2S. The zero-order chi connectivity index (χ0) is 11.9. The largest absolute Gasteiger partial charge is 0.360 e. The SMILES string of the molecule is CN(c1cccc2[nH]cc(Cl)c12)S(C)(=O)=O. The average molecular weight is 259 g/mol. The van der Waals surface area contributed by atoms with E-state index in [1.165, 1.54) is 11.4 Å². The fourth-order valence-corrected chi connectivity index (χ4v) is 2.33. The monoisotopic (exact) mass is 258 g/mol. The molecule has 4 nitrogen and oxygen atoms in total. The van der Waals surface area contributed by atoms with Gasteiger partial charge in [-0.25, -0.2) is 8.42 Å². The number of aromatic nitrogens is 1. The van der Waals surface area contributed by atoms with E-state index in [-0.39, 0.29) is 0 Å². The first-order valence-corrected chi connectivity index (χ1v) is 6.83. The Morgan fingerprint density at radius 1 is 1.38 bits per heavy atom. The minimum atomic E-state index is -3.28. The second kappa shape index (κ2) is 3.68. The Bertz CT molecular complexity index is 633. The van der Waals surface area contributed by atoms with E-state index >= 15 is 0 Å². The maximum Gasteiger partial charge on any atom is 0.232 e. The molecule has 16 heavy (non-hydrogen) atoms. The van der Waals surface area contributed by atoms with Crippen LogP contribution < -0.4 is 4.31 Å². The van der Waals surface area contributed by atoms with E-state index in [0.29, 0.717) is 10.7 Å². The van der Waals surface area contributed by atoms with E-state index < -0.39 is 10.0 Å². The lowest BCUT2D eigenvalue weighted by atomic mass is 10.2. The van der Waals surface area contributed by atoms with Gasteiger partial charge in [0, 0.05) is 24.1 Å². The summed E-state index contributed by atoms with van der Waals surface area (Å²) >= 11 is 6.02. The lowest BCUT2D eigenvalue weighted by Crippen LogP contribution is -2.24. The zero-order valence-electron chi connectivity index (χ0n) is 8.86. The van der Waals surface area contributed by atoms with Crippen LogP contribution >= 0.6 is 11.6 Å². The highest BCUT2D eigenvalue weighted by Gasteiger charge is 2.16. The van der Waals surface area contributed by atoms with Crippen LogP contribution in [0.4, 0.5) is 5.69 Å². The minimum absolute atomic E-state index is 0.515. The standard InChI is InChI=1S/C10H11ClN2O2S/c1-13(16(2,14)15)9-5-3-4-8-10(9)7(11)6-12-8/h3-6,12H,1-2H3. The summed E-state index contributed by atoms with van der Waals surface area (Å²) in [7, 11) is -1.77. The van der Waals surface area contributed by atoms with Crippen LogP contribution in [0.1, 0.15) is 0 Å². The molecule has 0 radical (unpaired) electrons. The van der Waals surface area contributed by atoms with Gasteiger partial charge in [0.2, 0.25) is 10.0 Å². The van der Waals surface area contributed by atoms with Crippen LogP contribution in [0.3, 0.4) is 0 Å². The van der Waals surface area contributed by atoms with Crippen LogP contribution in [0.2, 0.25) is 5.02 Å². The van der Waals surface area contributed by atoms with Crippen molar-refractivity contribution in [3.05, 3.63) is 29.4 Å². The fourth-order valence-electron chi connectivity index (χ4n) is 1.57. The Kier molecular flexibility index (Phi) is 2.59. The summed E-state index contributed by atoms with van der Waals surface area (Å²) in [5.74, 6) is 0. The number of benzene rings is 1. The maximum atomic E-state index is 11.5. The Hall–Kier alpha value is -1.20. The van der Waals surface area contributed by atoms with Crippen LogP contribution in [-0.4, -0.2) is 26.7 Å². The molecule has 1 N–H and O–H groups in total. The third-order valence-electron chi connectivity index (χ3n) is 2.47. The van der Waals surface area contributed by atoms with Gasteiger partial charge in [0.25, 0.3) is 0 Å². The molecule has 6 heteroatoms. The molecule has 0 atom stereocenters. The van der Waals surface area contributed by atoms with Crippen LogP contribution in [0.25, 0.3) is 10.9 Å². The number of nitrogens with zero attached hydrogens (tertiary/aromatic N) is 1. The molecule has 0 unspecified atom stereocenters. The van der Waals surface area contributed by atoms with Crippen molar-refractivity contribution in [3.8, 4) is 0 Å². The van der Waals surface area contributed by atoms with Crippen molar-refractivity contribution in [2.45, 2.75) is 0 Å². The fraction of sp³-hybridized carbons (Fsp3) is 0.200. The number of halogens is 1. The van der Waals surface area contributed by atoms with Crippen molar-refractivity contribution in [3.63, 3.8) is 0 Å². The average Bonchev–Trinajstić information content (AvgIpc) is 2.58. The highest BCUT2D eigenvalue weighted by molar-refractivity contribution is 7.92. The number of aromatic amines is 1. The molecule has 86 valence electrons. The van der Waals surface area contributed by atoms with Gasteiger partial charge in [-0.1, -0.05) is 17.7 Å². The van der Waals surface area contributed by atoms with Gasteiger partial charge >= 0.3 is 0 Å². The van der Waals surface area contributed by atoms with Gasteiger partial charge < -0.3 is 4.98 Å². The second-order valence-corrected chi connectivity index (χ2v) is 5.99. The summed E-state index contributed by atoms with van der Waals surface area (Å²) in [5.41, 5.74) is 1.39. The molecule has 2 rings (SSSR count). The highest BCUT2D eigenvalue weighted by atomic mass is 35.5. The predicted molar refractivity (Wildman–Crippen MR) is 66.6 cm³/mol. The normalized spacial score (nSPS) is 11.9. The second-order valence-electron chi connectivity index (χ2n) is 3.57. The molecular weight excluding hydrogens is 248 g/mol. The van der Waals surface area contributed by atoms with Gasteiger partial charge in [-0.2, -0.15) is 0 Å². The minimum Gasteiger partial charge on any atom is -0.360 e. The van der Waals surface area contributed by atoms with E-state index in [0.717, 1.165) is 17.2 Å². The molecule has 1 aromatic carbocycles. The Morgan fingerprint density at radius 2 is 2.06 bits per heavy atom. The van der Waals surface area contributed by atoms with Crippen molar-refractivity contribution >= 4 is 38.2 Å². The van der Waals surface area contributed by atoms with E-state index in [9.17, 15) is 8.42 Å². The summed E-state index contributed by atoms with van der Waals surface area (Å²) in [6.45, 7) is 0. The Labute approximate surface area is 98.9 Å². The molecule has 0 amide bonds. The predicted octanol–water partition coefficient (Wildman–Crippen LogP) is 2.22. The van der Waals surface area contributed by atoms with E-state index in [1.807, 2.05) is 6.07 Å². The molecule has 0 saturated heterocycles. The van der Waals surface area contributed by atoms with E-state index in [1.54, 1.807) is 18.3 Å². The number of hydrogen-bond acceptors (Lipinski definition) is 2. The molecule has 1 heterocycles. The molecule has 0 aliphatic heterocycles. The number of H-pyrrole nitrogens is 1. The van der Waals surface area contributed by atoms with Crippen molar-refractivity contribution in [1.29, 1.82) is 0 Å². The first-order chi connectivity index (χ1) is 7.41. The van der Waals surface area contributed by atoms with Crippen LogP contribution in [0.15, 0.2) is 24.4 Å². The maximum absolute atomic E-state index is 11.5. The van der Waals surface area contributed by atoms with Gasteiger partial charge in [-0.15, -0.1) is 0 Å². The first kappa shape index (κ1) is 11.3. The van der Waals surface area contributed by atoms with Gasteiger partial charge in [0.15, 0.2) is 0 Å². The van der Waals surface area contributed by atoms with E-state index in [2.05, 4.69) is 4.98 Å². The summed E-state index contributed by atoms with van der Waals surface area (Å²) in [6, 6.07) is 5.36. The Balaban J connectivity index is 2.74. The summed E-state index contributed by atoms with van der Waals surface area (Å²) < 4.78 is 24.2. The third-order valence-corrected chi connectivity index (χ3v) is 3.96. The highest BCUT2D eigenvalue weighted by Crippen LogP contribution is 2.32.